The molecule has 8 heteroatoms. The van der Waals surface area contributed by atoms with E-state index in [2.05, 4.69) is 35.3 Å². The van der Waals surface area contributed by atoms with Gasteiger partial charge in [0, 0.05) is 23.3 Å². The van der Waals surface area contributed by atoms with Crippen LogP contribution in [0.2, 0.25) is 0 Å². The first-order valence-electron chi connectivity index (χ1n) is 13.4. The zero-order valence-corrected chi connectivity index (χ0v) is 21.3. The largest absolute Gasteiger partial charge is 0.390 e. The maximum Gasteiger partial charge on any atom is 0.153 e. The number of halogens is 1. The monoisotopic (exact) mass is 496 g/mol. The van der Waals surface area contributed by atoms with Gasteiger partial charge in [-0.25, -0.2) is 4.39 Å². The van der Waals surface area contributed by atoms with E-state index in [0.717, 1.165) is 35.7 Å². The average molecular weight is 497 g/mol. The predicted molar refractivity (Wildman–Crippen MR) is 136 cm³/mol. The molecule has 3 heterocycles. The SMILES string of the molecule is CN(C)[C@H]1C[C@@]23CC[C@]4(O2)C2CC=C(c5ccc6[nH]nc(N)c6c5)[C@@]2(C)CCC4(F)CC3[C@@H](O)[C@@H]1O. The lowest BCUT2D eigenvalue weighted by atomic mass is 9.51. The number of nitrogens with zero attached hydrogens (tertiary/aromatic N) is 2. The Morgan fingerprint density at radius 1 is 1.14 bits per heavy atom. The molecule has 0 radical (unpaired) electrons. The van der Waals surface area contributed by atoms with E-state index >= 15 is 4.39 Å². The van der Waals surface area contributed by atoms with Gasteiger partial charge in [0.25, 0.3) is 0 Å². The molecule has 0 amide bonds. The number of H-pyrrole nitrogens is 1. The summed E-state index contributed by atoms with van der Waals surface area (Å²) in [6.45, 7) is 2.29. The summed E-state index contributed by atoms with van der Waals surface area (Å²) in [5.74, 6) is 0.136. The minimum atomic E-state index is -1.50. The predicted octanol–water partition coefficient (Wildman–Crippen LogP) is 3.42. The van der Waals surface area contributed by atoms with Gasteiger partial charge < -0.3 is 25.6 Å². The zero-order valence-electron chi connectivity index (χ0n) is 21.3. The van der Waals surface area contributed by atoms with Crippen molar-refractivity contribution in [3.63, 3.8) is 0 Å². The molecule has 3 aliphatic carbocycles. The third kappa shape index (κ3) is 2.64. The van der Waals surface area contributed by atoms with Crippen molar-refractivity contribution in [1.82, 2.24) is 15.1 Å². The first-order valence-corrected chi connectivity index (χ1v) is 13.4. The number of aliphatic hydroxyl groups excluding tert-OH is 2. The second-order valence-electron chi connectivity index (χ2n) is 12.7. The summed E-state index contributed by atoms with van der Waals surface area (Å²) < 4.78 is 24.3. The number of alkyl halides is 1. The van der Waals surface area contributed by atoms with Gasteiger partial charge in [0.1, 0.15) is 11.3 Å². The Labute approximate surface area is 210 Å². The number of likely N-dealkylation sites (N-methyl/N-ethyl adjacent to an activating group) is 1. The Bertz CT molecular complexity index is 1280. The molecular formula is C28H37FN4O3. The number of nitrogen functional groups attached to an aromatic ring is 1. The Morgan fingerprint density at radius 3 is 2.72 bits per heavy atom. The fourth-order valence-electron chi connectivity index (χ4n) is 9.21. The van der Waals surface area contributed by atoms with Crippen molar-refractivity contribution in [2.45, 2.75) is 87.0 Å². The van der Waals surface area contributed by atoms with Crippen LogP contribution in [0.4, 0.5) is 10.2 Å². The van der Waals surface area contributed by atoms with E-state index in [9.17, 15) is 10.2 Å². The third-order valence-electron chi connectivity index (χ3n) is 11.1. The fourth-order valence-corrected chi connectivity index (χ4v) is 9.21. The highest BCUT2D eigenvalue weighted by Crippen LogP contribution is 2.72. The van der Waals surface area contributed by atoms with Gasteiger partial charge in [-0.3, -0.25) is 5.10 Å². The molecule has 5 N–H and O–H groups in total. The van der Waals surface area contributed by atoms with E-state index in [0.29, 0.717) is 25.1 Å². The molecule has 5 aliphatic rings. The van der Waals surface area contributed by atoms with Crippen LogP contribution in [0.1, 0.15) is 57.4 Å². The summed E-state index contributed by atoms with van der Waals surface area (Å²) in [6.07, 6.45) is 4.62. The summed E-state index contributed by atoms with van der Waals surface area (Å²) in [4.78, 5) is 1.97. The normalized spacial score (nSPS) is 47.5. The molecule has 7 nitrogen and oxygen atoms in total. The van der Waals surface area contributed by atoms with Crippen LogP contribution in [0.15, 0.2) is 24.3 Å². The number of nitrogens with two attached hydrogens (primary N) is 1. The second-order valence-corrected chi connectivity index (χ2v) is 12.7. The molecule has 1 aromatic carbocycles. The first-order chi connectivity index (χ1) is 17.0. The maximum absolute atomic E-state index is 17.2. The highest BCUT2D eigenvalue weighted by atomic mass is 19.1. The number of hydrogen-bond donors (Lipinski definition) is 4. The van der Waals surface area contributed by atoms with Crippen molar-refractivity contribution in [3.8, 4) is 0 Å². The number of aromatic amines is 1. The van der Waals surface area contributed by atoms with Gasteiger partial charge in [0.15, 0.2) is 5.82 Å². The molecule has 2 aromatic rings. The Morgan fingerprint density at radius 2 is 1.94 bits per heavy atom. The minimum Gasteiger partial charge on any atom is -0.390 e. The van der Waals surface area contributed by atoms with Gasteiger partial charge in [-0.1, -0.05) is 19.1 Å². The molecule has 2 spiro atoms. The Balaban J connectivity index is 1.28. The molecule has 194 valence electrons. The highest BCUT2D eigenvalue weighted by molar-refractivity contribution is 5.92. The van der Waals surface area contributed by atoms with Crippen molar-refractivity contribution < 1.29 is 19.3 Å². The van der Waals surface area contributed by atoms with Gasteiger partial charge in [-0.05, 0) is 87.7 Å². The molecule has 2 saturated carbocycles. The smallest absolute Gasteiger partial charge is 0.153 e. The van der Waals surface area contributed by atoms with Gasteiger partial charge in [0.2, 0.25) is 0 Å². The summed E-state index contributed by atoms with van der Waals surface area (Å²) in [7, 11) is 3.86. The number of benzene rings is 1. The molecule has 1 aromatic heterocycles. The zero-order chi connectivity index (χ0) is 25.3. The van der Waals surface area contributed by atoms with E-state index in [-0.39, 0.29) is 29.7 Å². The van der Waals surface area contributed by atoms with Gasteiger partial charge in [-0.2, -0.15) is 5.10 Å². The van der Waals surface area contributed by atoms with E-state index in [1.807, 2.05) is 25.1 Å². The summed E-state index contributed by atoms with van der Waals surface area (Å²) in [5.41, 5.74) is 6.21. The number of anilines is 1. The number of nitrogens with one attached hydrogen (secondary N) is 1. The van der Waals surface area contributed by atoms with Crippen LogP contribution >= 0.6 is 0 Å². The van der Waals surface area contributed by atoms with Crippen LogP contribution in [-0.4, -0.2) is 74.5 Å². The van der Waals surface area contributed by atoms with E-state index in [4.69, 9.17) is 10.5 Å². The molecule has 36 heavy (non-hydrogen) atoms. The molecule has 7 rings (SSSR count). The Kier molecular flexibility index (Phi) is 4.56. The van der Waals surface area contributed by atoms with Crippen molar-refractivity contribution in [2.24, 2.45) is 17.3 Å². The van der Waals surface area contributed by atoms with Crippen molar-refractivity contribution in [1.29, 1.82) is 0 Å². The van der Waals surface area contributed by atoms with Crippen molar-refractivity contribution in [2.75, 3.05) is 19.8 Å². The highest BCUT2D eigenvalue weighted by Gasteiger charge is 2.77. The summed E-state index contributed by atoms with van der Waals surface area (Å²) >= 11 is 0. The Hall–Kier alpha value is -2.00. The lowest BCUT2D eigenvalue weighted by molar-refractivity contribution is -0.314. The molecule has 2 bridgehead atoms. The molecular weight excluding hydrogens is 459 g/mol. The van der Waals surface area contributed by atoms with Crippen LogP contribution in [0.3, 0.4) is 0 Å². The summed E-state index contributed by atoms with van der Waals surface area (Å²) in [6, 6.07) is 6.03. The van der Waals surface area contributed by atoms with E-state index < -0.39 is 29.1 Å². The number of hydrogen-bond acceptors (Lipinski definition) is 6. The number of aromatic nitrogens is 2. The average Bonchev–Trinajstić information content (AvgIpc) is 3.50. The molecule has 2 aliphatic heterocycles. The van der Waals surface area contributed by atoms with E-state index in [1.54, 1.807) is 0 Å². The summed E-state index contributed by atoms with van der Waals surface area (Å²) in [5, 5.41) is 30.1. The van der Waals surface area contributed by atoms with Gasteiger partial charge in [0.05, 0.1) is 23.3 Å². The van der Waals surface area contributed by atoms with Crippen molar-refractivity contribution >= 4 is 22.3 Å². The molecule has 2 saturated heterocycles. The lowest BCUT2D eigenvalue weighted by Crippen LogP contribution is -2.72. The standard InChI is InChI=1S/C28H37FN4O3/c1-25-8-10-27(29)13-18-22(34)23(35)20(33(2)3)14-26(18)9-11-28(27,36-26)21(25)7-5-17(25)15-4-6-19-16(12-15)24(30)32-31-19/h4-6,12,18,20-23,34-35H,7-11,13-14H2,1-3H3,(H3,30,31,32)/t18?,20-,21?,22+,23+,25+,26+,27?,28-/m0/s1. The van der Waals surface area contributed by atoms with Crippen LogP contribution in [0, 0.1) is 17.3 Å². The number of rotatable bonds is 2. The van der Waals surface area contributed by atoms with Crippen molar-refractivity contribution in [3.05, 3.63) is 29.8 Å². The second kappa shape index (κ2) is 7.10. The van der Waals surface area contributed by atoms with Gasteiger partial charge >= 0.3 is 0 Å². The third-order valence-corrected chi connectivity index (χ3v) is 11.1. The number of fused-ring (bicyclic) bond motifs is 2. The van der Waals surface area contributed by atoms with Gasteiger partial charge in [-0.15, -0.1) is 0 Å². The number of ether oxygens (including phenoxy) is 1. The molecule has 9 atom stereocenters. The topological polar surface area (TPSA) is 108 Å². The first kappa shape index (κ1) is 23.1. The lowest BCUT2D eigenvalue weighted by Gasteiger charge is -2.64. The van der Waals surface area contributed by atoms with Crippen LogP contribution in [0.25, 0.3) is 16.5 Å². The number of aliphatic hydroxyl groups is 2. The fraction of sp³-hybridized carbons (Fsp3) is 0.679. The van der Waals surface area contributed by atoms with E-state index in [1.165, 1.54) is 5.57 Å². The maximum atomic E-state index is 17.2. The van der Waals surface area contributed by atoms with Crippen LogP contribution < -0.4 is 5.73 Å². The molecule has 4 fully saturated rings. The van der Waals surface area contributed by atoms with Crippen LogP contribution in [-0.2, 0) is 4.74 Å². The quantitative estimate of drug-likeness (QED) is 0.508. The van der Waals surface area contributed by atoms with Crippen LogP contribution in [0.5, 0.6) is 0 Å². The number of allylic oxidation sites excluding steroid dienone is 2. The molecule has 3 unspecified atom stereocenters. The minimum absolute atomic E-state index is 0.0262.